The molecule has 0 aliphatic carbocycles. The number of nitrogens with zero attached hydrogens (tertiary/aromatic N) is 4. The van der Waals surface area contributed by atoms with Gasteiger partial charge in [0.15, 0.2) is 5.76 Å². The van der Waals surface area contributed by atoms with Gasteiger partial charge in [-0.2, -0.15) is 10.4 Å². The Morgan fingerprint density at radius 3 is 3.00 bits per heavy atom. The zero-order chi connectivity index (χ0) is 13.1. The second-order valence-corrected chi connectivity index (χ2v) is 3.41. The molecular weight excluding hydrogens is 236 g/mol. The Bertz CT molecular complexity index is 648. The second-order valence-electron chi connectivity index (χ2n) is 3.41. The molecule has 2 aromatic rings. The maximum atomic E-state index is 10.5. The highest BCUT2D eigenvalue weighted by Crippen LogP contribution is 2.27. The van der Waals surface area contributed by atoms with Crippen LogP contribution >= 0.6 is 0 Å². The second kappa shape index (κ2) is 4.55. The van der Waals surface area contributed by atoms with E-state index >= 15 is 0 Å². The first kappa shape index (κ1) is 11.6. The summed E-state index contributed by atoms with van der Waals surface area (Å²) < 4.78 is 6.52. The van der Waals surface area contributed by atoms with E-state index in [4.69, 9.17) is 9.68 Å². The molecule has 90 valence electrons. The number of nitro groups is 1. The Morgan fingerprint density at radius 1 is 1.67 bits per heavy atom. The molecular formula is C11H8N4O3. The highest BCUT2D eigenvalue weighted by Gasteiger charge is 2.18. The molecule has 0 bridgehead atoms. The lowest BCUT2D eigenvalue weighted by molar-refractivity contribution is -0.401. The van der Waals surface area contributed by atoms with Gasteiger partial charge in [-0.1, -0.05) is 6.08 Å². The molecule has 0 fully saturated rings. The van der Waals surface area contributed by atoms with Crippen molar-refractivity contribution in [3.8, 4) is 17.5 Å². The van der Waals surface area contributed by atoms with Crippen molar-refractivity contribution in [1.29, 1.82) is 5.26 Å². The van der Waals surface area contributed by atoms with E-state index in [2.05, 4.69) is 11.7 Å². The van der Waals surface area contributed by atoms with Crippen LogP contribution in [0.3, 0.4) is 0 Å². The Kier molecular flexibility index (Phi) is 2.93. The summed E-state index contributed by atoms with van der Waals surface area (Å²) in [6, 6.07) is 4.61. The number of furan rings is 1. The van der Waals surface area contributed by atoms with E-state index in [1.807, 2.05) is 6.07 Å². The fourth-order valence-corrected chi connectivity index (χ4v) is 1.46. The van der Waals surface area contributed by atoms with Crippen molar-refractivity contribution in [2.45, 2.75) is 6.54 Å². The van der Waals surface area contributed by atoms with Crippen molar-refractivity contribution in [1.82, 2.24) is 9.78 Å². The number of nitriles is 1. The summed E-state index contributed by atoms with van der Waals surface area (Å²) in [5.41, 5.74) is 0.577. The predicted molar refractivity (Wildman–Crippen MR) is 61.5 cm³/mol. The van der Waals surface area contributed by atoms with Gasteiger partial charge < -0.3 is 4.42 Å². The van der Waals surface area contributed by atoms with Crippen LogP contribution in [0, 0.1) is 21.4 Å². The van der Waals surface area contributed by atoms with E-state index in [1.54, 1.807) is 6.08 Å². The lowest BCUT2D eigenvalue weighted by Crippen LogP contribution is -1.94. The molecule has 0 radical (unpaired) electrons. The molecule has 2 rings (SSSR count). The van der Waals surface area contributed by atoms with Crippen molar-refractivity contribution in [3.05, 3.63) is 46.7 Å². The van der Waals surface area contributed by atoms with Gasteiger partial charge in [0, 0.05) is 6.20 Å². The third-order valence-electron chi connectivity index (χ3n) is 2.20. The largest absolute Gasteiger partial charge is 0.433 e. The van der Waals surface area contributed by atoms with Gasteiger partial charge in [0.2, 0.25) is 0 Å². The van der Waals surface area contributed by atoms with Crippen LogP contribution in [0.4, 0.5) is 5.88 Å². The maximum absolute atomic E-state index is 10.5. The number of aromatic nitrogens is 2. The van der Waals surface area contributed by atoms with Crippen LogP contribution in [0.15, 0.2) is 35.4 Å². The van der Waals surface area contributed by atoms with Crippen LogP contribution < -0.4 is 0 Å². The zero-order valence-electron chi connectivity index (χ0n) is 9.24. The summed E-state index contributed by atoms with van der Waals surface area (Å²) in [6.07, 6.45) is 3.16. The fourth-order valence-electron chi connectivity index (χ4n) is 1.46. The van der Waals surface area contributed by atoms with E-state index in [0.717, 1.165) is 0 Å². The van der Waals surface area contributed by atoms with E-state index < -0.39 is 4.92 Å². The smallest absolute Gasteiger partial charge is 0.399 e. The van der Waals surface area contributed by atoms with E-state index in [9.17, 15) is 10.1 Å². The molecule has 2 heterocycles. The van der Waals surface area contributed by atoms with Crippen LogP contribution in [0.25, 0.3) is 11.5 Å². The molecule has 0 aromatic carbocycles. The van der Waals surface area contributed by atoms with Gasteiger partial charge in [0.05, 0.1) is 12.6 Å². The van der Waals surface area contributed by atoms with Crippen LogP contribution in [0.1, 0.15) is 5.56 Å². The average Bonchev–Trinajstić information content (AvgIpc) is 2.94. The minimum absolute atomic E-state index is 0.195. The summed E-state index contributed by atoms with van der Waals surface area (Å²) in [5, 5.41) is 23.6. The molecule has 0 N–H and O–H groups in total. The van der Waals surface area contributed by atoms with Crippen LogP contribution in [-0.2, 0) is 6.54 Å². The number of rotatable bonds is 4. The molecule has 0 spiro atoms. The lowest BCUT2D eigenvalue weighted by Gasteiger charge is -1.92. The SMILES string of the molecule is C=CCn1cc(C#N)c(-c2ccc([N+](=O)[O-])o2)n1. The Hall–Kier alpha value is -2.88. The van der Waals surface area contributed by atoms with Crippen LogP contribution in [0.2, 0.25) is 0 Å². The lowest BCUT2D eigenvalue weighted by atomic mass is 10.2. The van der Waals surface area contributed by atoms with Crippen LogP contribution in [-0.4, -0.2) is 14.7 Å². The van der Waals surface area contributed by atoms with E-state index in [0.29, 0.717) is 12.1 Å². The molecule has 2 aromatic heterocycles. The van der Waals surface area contributed by atoms with Gasteiger partial charge in [0.1, 0.15) is 22.2 Å². The molecule has 0 unspecified atom stereocenters. The van der Waals surface area contributed by atoms with E-state index in [1.165, 1.54) is 23.0 Å². The Labute approximate surface area is 102 Å². The minimum atomic E-state index is -0.643. The highest BCUT2D eigenvalue weighted by molar-refractivity contribution is 5.61. The Balaban J connectivity index is 2.45. The summed E-state index contributed by atoms with van der Waals surface area (Å²) in [4.78, 5) is 9.87. The van der Waals surface area contributed by atoms with Gasteiger partial charge >= 0.3 is 5.88 Å². The summed E-state index contributed by atoms with van der Waals surface area (Å²) >= 11 is 0. The third-order valence-corrected chi connectivity index (χ3v) is 2.20. The first-order valence-corrected chi connectivity index (χ1v) is 4.98. The molecule has 7 nitrogen and oxygen atoms in total. The van der Waals surface area contributed by atoms with Gasteiger partial charge in [0.25, 0.3) is 0 Å². The average molecular weight is 244 g/mol. The molecule has 18 heavy (non-hydrogen) atoms. The summed E-state index contributed by atoms with van der Waals surface area (Å²) in [6.45, 7) is 4.01. The zero-order valence-corrected chi connectivity index (χ0v) is 9.24. The first-order valence-electron chi connectivity index (χ1n) is 4.98. The van der Waals surface area contributed by atoms with Crippen molar-refractivity contribution in [3.63, 3.8) is 0 Å². The summed E-state index contributed by atoms with van der Waals surface area (Å²) in [5.74, 6) is -0.187. The number of hydrogen-bond donors (Lipinski definition) is 0. The van der Waals surface area contributed by atoms with Crippen molar-refractivity contribution in [2.75, 3.05) is 0 Å². The minimum Gasteiger partial charge on any atom is -0.399 e. The number of hydrogen-bond acceptors (Lipinski definition) is 5. The van der Waals surface area contributed by atoms with E-state index in [-0.39, 0.29) is 17.3 Å². The first-order chi connectivity index (χ1) is 8.65. The van der Waals surface area contributed by atoms with Crippen LogP contribution in [0.5, 0.6) is 0 Å². The molecule has 0 saturated carbocycles. The predicted octanol–water partition coefficient (Wildman–Crippen LogP) is 2.11. The highest BCUT2D eigenvalue weighted by atomic mass is 16.6. The molecule has 0 aliphatic heterocycles. The number of allylic oxidation sites excluding steroid dienone is 1. The molecule has 7 heteroatoms. The fraction of sp³-hybridized carbons (Fsp3) is 0.0909. The monoisotopic (exact) mass is 244 g/mol. The molecule has 0 atom stereocenters. The van der Waals surface area contributed by atoms with Gasteiger partial charge in [-0.25, -0.2) is 0 Å². The van der Waals surface area contributed by atoms with Crippen molar-refractivity contribution < 1.29 is 9.34 Å². The summed E-state index contributed by atoms with van der Waals surface area (Å²) in [7, 11) is 0. The molecule has 0 saturated heterocycles. The maximum Gasteiger partial charge on any atom is 0.433 e. The van der Waals surface area contributed by atoms with Gasteiger partial charge in [-0.3, -0.25) is 14.8 Å². The standard InChI is InChI=1S/C11H8N4O3/c1-2-5-14-7-8(6-12)11(13-14)9-3-4-10(18-9)15(16)17/h2-4,7H,1,5H2. The van der Waals surface area contributed by atoms with Crippen molar-refractivity contribution in [2.24, 2.45) is 0 Å². The Morgan fingerprint density at radius 2 is 2.44 bits per heavy atom. The normalized spacial score (nSPS) is 9.94. The van der Waals surface area contributed by atoms with Gasteiger partial charge in [-0.15, -0.1) is 6.58 Å². The molecule has 0 aliphatic rings. The third kappa shape index (κ3) is 1.99. The molecule has 0 amide bonds. The van der Waals surface area contributed by atoms with Crippen molar-refractivity contribution >= 4 is 5.88 Å². The quantitative estimate of drug-likeness (QED) is 0.466. The van der Waals surface area contributed by atoms with Gasteiger partial charge in [-0.05, 0) is 6.07 Å². The topological polar surface area (TPSA) is 97.9 Å².